The monoisotopic (exact) mass is 558 g/mol. The molecule has 0 amide bonds. The Morgan fingerprint density at radius 3 is 2.43 bits per heavy atom. The van der Waals surface area contributed by atoms with Crippen molar-refractivity contribution in [2.75, 3.05) is 44.3 Å². The number of hydrogen-bond acceptors (Lipinski definition) is 6. The second-order valence-electron chi connectivity index (χ2n) is 9.07. The molecule has 196 valence electrons. The van der Waals surface area contributed by atoms with Crippen LogP contribution in [0, 0.1) is 0 Å². The second-order valence-corrected chi connectivity index (χ2v) is 14.5. The largest absolute Gasteiger partial charge is 0.492 e. The van der Waals surface area contributed by atoms with Gasteiger partial charge in [0.15, 0.2) is 0 Å². The molecule has 1 aromatic rings. The van der Waals surface area contributed by atoms with E-state index in [9.17, 15) is 8.42 Å². The van der Waals surface area contributed by atoms with Crippen LogP contribution in [0.3, 0.4) is 0 Å². The molecule has 0 aromatic heterocycles. The van der Waals surface area contributed by atoms with Gasteiger partial charge in [-0.25, -0.2) is 8.42 Å². The van der Waals surface area contributed by atoms with Crippen LogP contribution < -0.4 is 10.1 Å². The van der Waals surface area contributed by atoms with E-state index in [0.29, 0.717) is 54.4 Å². The summed E-state index contributed by atoms with van der Waals surface area (Å²) in [5, 5.41) is 3.82. The number of ether oxygens (including phenoxy) is 1. The Morgan fingerprint density at radius 2 is 1.86 bits per heavy atom. The van der Waals surface area contributed by atoms with Crippen molar-refractivity contribution in [3.8, 4) is 5.75 Å². The lowest BCUT2D eigenvalue weighted by molar-refractivity contribution is 0.286. The average Bonchev–Trinajstić information content (AvgIpc) is 2.87. The normalized spacial score (nSPS) is 21.3. The van der Waals surface area contributed by atoms with Gasteiger partial charge >= 0.3 is 0 Å². The second kappa shape index (κ2) is 13.8. The number of sulfonamides is 1. The molecule has 1 atom stereocenters. The smallest absolute Gasteiger partial charge is 0.224 e. The molecule has 0 bridgehead atoms. The minimum absolute atomic E-state index is 0.278. The van der Waals surface area contributed by atoms with Crippen molar-refractivity contribution in [3.05, 3.63) is 52.6 Å². The van der Waals surface area contributed by atoms with Crippen molar-refractivity contribution < 1.29 is 13.2 Å². The van der Waals surface area contributed by atoms with Crippen LogP contribution in [0.5, 0.6) is 5.75 Å². The first kappa shape index (κ1) is 28.9. The molecule has 9 heteroatoms. The maximum atomic E-state index is 13.7. The number of nitrogens with one attached hydrogen (secondary N) is 1. The number of nitrogens with zero attached hydrogens (tertiary/aromatic N) is 1. The van der Waals surface area contributed by atoms with Crippen molar-refractivity contribution in [3.63, 3.8) is 0 Å². The molecule has 5 nitrogen and oxygen atoms in total. The lowest BCUT2D eigenvalue weighted by atomic mass is 9.93. The van der Waals surface area contributed by atoms with Gasteiger partial charge in [-0.15, -0.1) is 23.5 Å². The van der Waals surface area contributed by atoms with Crippen LogP contribution in [0.2, 0.25) is 5.02 Å². The highest BCUT2D eigenvalue weighted by molar-refractivity contribution is 8.16. The van der Waals surface area contributed by atoms with Crippen LogP contribution in [-0.4, -0.2) is 61.8 Å². The molecule has 1 N–H and O–H groups in total. The zero-order valence-corrected chi connectivity index (χ0v) is 24.3. The molecule has 1 heterocycles. The number of benzene rings is 1. The summed E-state index contributed by atoms with van der Waals surface area (Å²) in [6.07, 6.45) is 8.93. The van der Waals surface area contributed by atoms with Crippen molar-refractivity contribution in [2.24, 2.45) is 0 Å². The summed E-state index contributed by atoms with van der Waals surface area (Å²) >= 11 is 10.5. The van der Waals surface area contributed by atoms with E-state index < -0.39 is 14.8 Å². The quantitative estimate of drug-likeness (QED) is 0.288. The first-order valence-electron chi connectivity index (χ1n) is 12.5. The molecule has 0 spiro atoms. The summed E-state index contributed by atoms with van der Waals surface area (Å²) in [6.45, 7) is 9.05. The molecule has 1 aliphatic carbocycles. The van der Waals surface area contributed by atoms with Crippen molar-refractivity contribution in [2.45, 2.75) is 55.8 Å². The molecule has 1 saturated heterocycles. The van der Waals surface area contributed by atoms with Gasteiger partial charge in [-0.05, 0) is 55.4 Å². The predicted molar refractivity (Wildman–Crippen MR) is 153 cm³/mol. The third-order valence-electron chi connectivity index (χ3n) is 6.31. The zero-order chi connectivity index (χ0) is 25.3. The number of piperazine rings is 1. The molecular formula is C26H39ClN2O3S3. The minimum atomic E-state index is -3.53. The van der Waals surface area contributed by atoms with E-state index in [1.165, 1.54) is 5.56 Å². The van der Waals surface area contributed by atoms with E-state index in [0.717, 1.165) is 29.9 Å². The van der Waals surface area contributed by atoms with Gasteiger partial charge in [0.1, 0.15) is 10.5 Å². The van der Waals surface area contributed by atoms with Crippen molar-refractivity contribution >= 4 is 45.1 Å². The summed E-state index contributed by atoms with van der Waals surface area (Å²) < 4.78 is 34.5. The molecular weight excluding hydrogens is 520 g/mol. The highest BCUT2D eigenvalue weighted by atomic mass is 35.5. The Bertz CT molecular complexity index is 986. The number of thioether (sulfide) groups is 2. The van der Waals surface area contributed by atoms with Crippen LogP contribution in [-0.2, 0) is 10.0 Å². The number of allylic oxidation sites excluding steroid dienone is 3. The molecule has 3 rings (SSSR count). The number of halogens is 1. The molecule has 1 fully saturated rings. The van der Waals surface area contributed by atoms with Crippen LogP contribution in [0.4, 0.5) is 0 Å². The van der Waals surface area contributed by atoms with Gasteiger partial charge in [0.2, 0.25) is 10.0 Å². The lowest BCUT2D eigenvalue weighted by Crippen LogP contribution is -2.54. The highest BCUT2D eigenvalue weighted by Crippen LogP contribution is 2.42. The number of rotatable bonds is 13. The Balaban J connectivity index is 1.71. The fraction of sp³-hybridized carbons (Fsp3) is 0.615. The maximum absolute atomic E-state index is 13.7. The highest BCUT2D eigenvalue weighted by Gasteiger charge is 2.45. The standard InChI is InChI=1S/C26H39ClN2O3S3/c1-4-18-33-25(34-19-5-2)22-6-7-24(23(27)20-22)32-17-12-26(10-8-21(3)9-11-26)35(30,31)29-15-13-28-14-16-29/h6-10,20,25,28H,4-5,11-19H2,1-3H3. The van der Waals surface area contributed by atoms with E-state index in [4.69, 9.17) is 16.3 Å². The summed E-state index contributed by atoms with van der Waals surface area (Å²) in [5.74, 6) is 2.83. The van der Waals surface area contributed by atoms with Gasteiger partial charge in [-0.1, -0.05) is 55.3 Å². The molecule has 0 saturated carbocycles. The van der Waals surface area contributed by atoms with Crippen molar-refractivity contribution in [1.29, 1.82) is 0 Å². The fourth-order valence-electron chi connectivity index (χ4n) is 4.21. The predicted octanol–water partition coefficient (Wildman–Crippen LogP) is 6.27. The van der Waals surface area contributed by atoms with Gasteiger partial charge in [0.05, 0.1) is 16.2 Å². The Hall–Kier alpha value is -0.640. The Kier molecular flexibility index (Phi) is 11.4. The first-order chi connectivity index (χ1) is 16.8. The molecule has 0 radical (unpaired) electrons. The van der Waals surface area contributed by atoms with Gasteiger partial charge in [-0.3, -0.25) is 0 Å². The third kappa shape index (κ3) is 7.45. The lowest BCUT2D eigenvalue weighted by Gasteiger charge is -2.38. The molecule has 2 aliphatic rings. The summed E-state index contributed by atoms with van der Waals surface area (Å²) in [4.78, 5) is 0. The van der Waals surface area contributed by atoms with Crippen molar-refractivity contribution in [1.82, 2.24) is 9.62 Å². The van der Waals surface area contributed by atoms with Gasteiger partial charge < -0.3 is 10.1 Å². The fourth-order valence-corrected chi connectivity index (χ4v) is 9.04. The van der Waals surface area contributed by atoms with Gasteiger partial charge in [0, 0.05) is 32.6 Å². The topological polar surface area (TPSA) is 58.6 Å². The molecule has 1 aromatic carbocycles. The van der Waals surface area contributed by atoms with E-state index >= 15 is 0 Å². The summed E-state index contributed by atoms with van der Waals surface area (Å²) in [7, 11) is -3.53. The minimum Gasteiger partial charge on any atom is -0.492 e. The van der Waals surface area contributed by atoms with E-state index in [1.807, 2.05) is 60.8 Å². The Morgan fingerprint density at radius 1 is 1.17 bits per heavy atom. The molecule has 1 unspecified atom stereocenters. The summed E-state index contributed by atoms with van der Waals surface area (Å²) in [6, 6.07) is 6.03. The van der Waals surface area contributed by atoms with Crippen LogP contribution in [0.1, 0.15) is 56.6 Å². The van der Waals surface area contributed by atoms with E-state index in [1.54, 1.807) is 4.31 Å². The van der Waals surface area contributed by atoms with Crippen LogP contribution in [0.15, 0.2) is 42.0 Å². The third-order valence-corrected chi connectivity index (χ3v) is 12.4. The van der Waals surface area contributed by atoms with E-state index in [-0.39, 0.29) is 6.61 Å². The Labute approximate surface area is 225 Å². The van der Waals surface area contributed by atoms with Gasteiger partial charge in [-0.2, -0.15) is 4.31 Å². The van der Waals surface area contributed by atoms with Gasteiger partial charge in [0.25, 0.3) is 0 Å². The van der Waals surface area contributed by atoms with Crippen LogP contribution >= 0.6 is 35.1 Å². The number of hydrogen-bond donors (Lipinski definition) is 1. The first-order valence-corrected chi connectivity index (χ1v) is 16.5. The van der Waals surface area contributed by atoms with E-state index in [2.05, 4.69) is 25.2 Å². The molecule has 35 heavy (non-hydrogen) atoms. The average molecular weight is 559 g/mol. The molecule has 1 aliphatic heterocycles. The summed E-state index contributed by atoms with van der Waals surface area (Å²) in [5.41, 5.74) is 2.29. The zero-order valence-electron chi connectivity index (χ0n) is 21.1. The van der Waals surface area contributed by atoms with Crippen LogP contribution in [0.25, 0.3) is 0 Å². The SMILES string of the molecule is CCCSC(SCCC)c1ccc(OCCC2(S(=O)(=O)N3CCNCC3)C=CC(C)=CC2)c(Cl)c1. The maximum Gasteiger partial charge on any atom is 0.224 e.